The number of methoxy groups -OCH3 is 2. The first-order valence-corrected chi connectivity index (χ1v) is 9.20. The van der Waals surface area contributed by atoms with Crippen molar-refractivity contribution in [3.63, 3.8) is 0 Å². The molecule has 0 bridgehead atoms. The van der Waals surface area contributed by atoms with Crippen LogP contribution in [0.15, 0.2) is 34.6 Å². The van der Waals surface area contributed by atoms with Crippen LogP contribution in [0.25, 0.3) is 10.2 Å². The van der Waals surface area contributed by atoms with Crippen LogP contribution < -0.4 is 9.54 Å². The molecule has 1 aromatic carbocycles. The van der Waals surface area contributed by atoms with E-state index in [1.807, 2.05) is 22.1 Å². The Kier molecular flexibility index (Phi) is 5.35. The Bertz CT molecular complexity index is 929. The van der Waals surface area contributed by atoms with Gasteiger partial charge in [-0.3, -0.25) is 4.79 Å². The molecule has 0 N–H and O–H groups in total. The van der Waals surface area contributed by atoms with E-state index in [2.05, 4.69) is 4.99 Å². The Morgan fingerprint density at radius 1 is 1.33 bits per heavy atom. The second kappa shape index (κ2) is 7.48. The van der Waals surface area contributed by atoms with E-state index in [0.29, 0.717) is 33.6 Å². The van der Waals surface area contributed by atoms with Gasteiger partial charge in [0.2, 0.25) is 0 Å². The summed E-state index contributed by atoms with van der Waals surface area (Å²) in [5, 5.41) is 2.46. The van der Waals surface area contributed by atoms with Gasteiger partial charge in [0.05, 0.1) is 28.3 Å². The Hall–Kier alpha value is -1.67. The van der Waals surface area contributed by atoms with Crippen LogP contribution in [0.3, 0.4) is 0 Å². The lowest BCUT2D eigenvalue weighted by molar-refractivity contribution is 0.100. The monoisotopic (exact) mass is 382 g/mol. The molecule has 0 aliphatic carbocycles. The predicted octanol–water partition coefficient (Wildman–Crippen LogP) is 3.81. The lowest BCUT2D eigenvalue weighted by atomic mass is 10.3. The quantitative estimate of drug-likeness (QED) is 0.674. The molecular weight excluding hydrogens is 368 g/mol. The number of hydrogen-bond donors (Lipinski definition) is 0. The van der Waals surface area contributed by atoms with Crippen molar-refractivity contribution >= 4 is 50.4 Å². The maximum Gasteiger partial charge on any atom is 0.289 e. The van der Waals surface area contributed by atoms with Gasteiger partial charge in [-0.2, -0.15) is 4.99 Å². The number of hydrogen-bond acceptors (Lipinski definition) is 5. The molecule has 0 radical (unpaired) electrons. The van der Waals surface area contributed by atoms with E-state index in [0.717, 1.165) is 10.2 Å². The number of carbonyl (C=O) groups is 1. The maximum atomic E-state index is 12.4. The molecule has 8 heteroatoms. The largest absolute Gasteiger partial charge is 0.495 e. The molecule has 2 heterocycles. The molecule has 24 heavy (non-hydrogen) atoms. The van der Waals surface area contributed by atoms with Crippen molar-refractivity contribution in [3.8, 4) is 5.75 Å². The van der Waals surface area contributed by atoms with E-state index in [1.54, 1.807) is 26.4 Å². The number of fused-ring (bicyclic) bond motifs is 1. The van der Waals surface area contributed by atoms with Crippen molar-refractivity contribution < 1.29 is 14.3 Å². The molecule has 3 rings (SSSR count). The standard InChI is InChI=1S/C16H15ClN2O3S2/c1-21-8-7-19-13-11(22-2)6-5-10(17)14(13)24-16(19)18-15(20)12-4-3-9-23-12/h3-6,9H,7-8H2,1-2H3. The summed E-state index contributed by atoms with van der Waals surface area (Å²) in [6.07, 6.45) is 0. The molecular formula is C16H15ClN2O3S2. The van der Waals surface area contributed by atoms with Gasteiger partial charge in [-0.1, -0.05) is 29.0 Å². The summed E-state index contributed by atoms with van der Waals surface area (Å²) < 4.78 is 13.4. The predicted molar refractivity (Wildman–Crippen MR) is 97.5 cm³/mol. The van der Waals surface area contributed by atoms with E-state index in [1.165, 1.54) is 22.7 Å². The first-order chi connectivity index (χ1) is 11.7. The molecule has 0 aliphatic heterocycles. The summed E-state index contributed by atoms with van der Waals surface area (Å²) in [6.45, 7) is 1.03. The van der Waals surface area contributed by atoms with Crippen molar-refractivity contribution in [2.24, 2.45) is 4.99 Å². The Balaban J connectivity index is 2.23. The first-order valence-electron chi connectivity index (χ1n) is 7.13. The molecule has 3 aromatic rings. The zero-order chi connectivity index (χ0) is 17.1. The van der Waals surface area contributed by atoms with Gasteiger partial charge in [-0.05, 0) is 23.6 Å². The molecule has 126 valence electrons. The number of thiazole rings is 1. The third-order valence-electron chi connectivity index (χ3n) is 3.41. The number of thiophene rings is 1. The smallest absolute Gasteiger partial charge is 0.289 e. The number of amides is 1. The van der Waals surface area contributed by atoms with Gasteiger partial charge in [-0.15, -0.1) is 11.3 Å². The Labute approximate surface area is 151 Å². The van der Waals surface area contributed by atoms with Crippen molar-refractivity contribution in [2.75, 3.05) is 20.8 Å². The topological polar surface area (TPSA) is 52.8 Å². The third-order valence-corrected chi connectivity index (χ3v) is 5.81. The zero-order valence-electron chi connectivity index (χ0n) is 13.1. The fourth-order valence-electron chi connectivity index (χ4n) is 2.30. The minimum atomic E-state index is -0.266. The molecule has 1 amide bonds. The van der Waals surface area contributed by atoms with Crippen molar-refractivity contribution in [1.29, 1.82) is 0 Å². The number of rotatable bonds is 5. The molecule has 0 atom stereocenters. The van der Waals surface area contributed by atoms with Gasteiger partial charge in [-0.25, -0.2) is 0 Å². The fraction of sp³-hybridized carbons (Fsp3) is 0.250. The Morgan fingerprint density at radius 2 is 2.17 bits per heavy atom. The first kappa shape index (κ1) is 17.2. The van der Waals surface area contributed by atoms with Gasteiger partial charge in [0.15, 0.2) is 4.80 Å². The van der Waals surface area contributed by atoms with Crippen molar-refractivity contribution in [2.45, 2.75) is 6.54 Å². The summed E-state index contributed by atoms with van der Waals surface area (Å²) in [5.41, 5.74) is 0.824. The van der Waals surface area contributed by atoms with Crippen LogP contribution in [-0.2, 0) is 11.3 Å². The highest BCUT2D eigenvalue weighted by molar-refractivity contribution is 7.17. The van der Waals surface area contributed by atoms with Crippen LogP contribution in [0.1, 0.15) is 9.67 Å². The van der Waals surface area contributed by atoms with E-state index in [-0.39, 0.29) is 5.91 Å². The lowest BCUT2D eigenvalue weighted by Gasteiger charge is -2.08. The van der Waals surface area contributed by atoms with Crippen LogP contribution in [-0.4, -0.2) is 31.3 Å². The van der Waals surface area contributed by atoms with Gasteiger partial charge in [0.1, 0.15) is 11.3 Å². The highest BCUT2D eigenvalue weighted by Crippen LogP contribution is 2.33. The third kappa shape index (κ3) is 3.25. The average molecular weight is 383 g/mol. The van der Waals surface area contributed by atoms with Gasteiger partial charge < -0.3 is 14.0 Å². The van der Waals surface area contributed by atoms with Gasteiger partial charge >= 0.3 is 0 Å². The SMILES string of the molecule is COCCn1c(=NC(=O)c2cccs2)sc2c(Cl)ccc(OC)c21. The molecule has 0 unspecified atom stereocenters. The number of nitrogens with zero attached hydrogens (tertiary/aromatic N) is 2. The molecule has 0 saturated heterocycles. The number of halogens is 1. The van der Waals surface area contributed by atoms with Crippen LogP contribution >= 0.6 is 34.3 Å². The summed E-state index contributed by atoms with van der Waals surface area (Å²) in [5.74, 6) is 0.421. The van der Waals surface area contributed by atoms with Crippen molar-refractivity contribution in [3.05, 3.63) is 44.3 Å². The molecule has 2 aromatic heterocycles. The van der Waals surface area contributed by atoms with Crippen molar-refractivity contribution in [1.82, 2.24) is 4.57 Å². The second-order valence-corrected chi connectivity index (χ2v) is 7.18. The normalized spacial score (nSPS) is 12.0. The number of ether oxygens (including phenoxy) is 2. The minimum Gasteiger partial charge on any atom is -0.495 e. The van der Waals surface area contributed by atoms with E-state index in [9.17, 15) is 4.79 Å². The van der Waals surface area contributed by atoms with Gasteiger partial charge in [0, 0.05) is 13.7 Å². The second-order valence-electron chi connectivity index (χ2n) is 4.85. The molecule has 0 fully saturated rings. The van der Waals surface area contributed by atoms with Crippen LogP contribution in [0.2, 0.25) is 5.02 Å². The van der Waals surface area contributed by atoms with Gasteiger partial charge in [0.25, 0.3) is 5.91 Å². The number of carbonyl (C=O) groups excluding carboxylic acids is 1. The lowest BCUT2D eigenvalue weighted by Crippen LogP contribution is -2.19. The summed E-state index contributed by atoms with van der Waals surface area (Å²) >= 11 is 9.06. The Morgan fingerprint density at radius 3 is 2.83 bits per heavy atom. The average Bonchev–Trinajstić information content (AvgIpc) is 3.22. The maximum absolute atomic E-state index is 12.4. The van der Waals surface area contributed by atoms with E-state index < -0.39 is 0 Å². The number of benzene rings is 1. The summed E-state index contributed by atoms with van der Waals surface area (Å²) in [7, 11) is 3.24. The molecule has 0 aliphatic rings. The van der Waals surface area contributed by atoms with Crippen LogP contribution in [0.5, 0.6) is 5.75 Å². The summed E-state index contributed by atoms with van der Waals surface area (Å²) in [4.78, 5) is 17.8. The molecule has 5 nitrogen and oxygen atoms in total. The molecule has 0 saturated carbocycles. The highest BCUT2D eigenvalue weighted by Gasteiger charge is 2.15. The summed E-state index contributed by atoms with van der Waals surface area (Å²) in [6, 6.07) is 7.18. The fourth-order valence-corrected chi connectivity index (χ4v) is 4.26. The van der Waals surface area contributed by atoms with Crippen LogP contribution in [0.4, 0.5) is 0 Å². The van der Waals surface area contributed by atoms with E-state index in [4.69, 9.17) is 21.1 Å². The highest BCUT2D eigenvalue weighted by atomic mass is 35.5. The minimum absolute atomic E-state index is 0.266. The van der Waals surface area contributed by atoms with Crippen LogP contribution in [0, 0.1) is 0 Å². The van der Waals surface area contributed by atoms with E-state index >= 15 is 0 Å². The molecule has 0 spiro atoms. The number of aromatic nitrogens is 1. The zero-order valence-corrected chi connectivity index (χ0v) is 15.5.